The maximum absolute atomic E-state index is 13.2. The lowest BCUT2D eigenvalue weighted by Gasteiger charge is -2.09. The van der Waals surface area contributed by atoms with Gasteiger partial charge in [0.2, 0.25) is 0 Å². The standard InChI is InChI=1S/C20H18N2O3S/c1-13-8-19-20(9-14(13)2)22(12-21-19)26(23,24)18-7-5-15-10-17(25-3)6-4-16(15)11-18/h4-12H,1-3H3. The first kappa shape index (κ1) is 16.6. The average molecular weight is 366 g/mol. The van der Waals surface area contributed by atoms with E-state index in [4.69, 9.17) is 4.74 Å². The van der Waals surface area contributed by atoms with Crippen LogP contribution >= 0.6 is 0 Å². The summed E-state index contributed by atoms with van der Waals surface area (Å²) in [5.74, 6) is 0.736. The molecular weight excluding hydrogens is 348 g/mol. The molecule has 0 N–H and O–H groups in total. The van der Waals surface area contributed by atoms with Crippen molar-refractivity contribution in [1.29, 1.82) is 0 Å². The molecule has 0 aliphatic rings. The normalized spacial score (nSPS) is 12.0. The van der Waals surface area contributed by atoms with Gasteiger partial charge < -0.3 is 4.74 Å². The molecule has 5 nitrogen and oxygen atoms in total. The van der Waals surface area contributed by atoms with Crippen LogP contribution in [0.4, 0.5) is 0 Å². The van der Waals surface area contributed by atoms with E-state index in [-0.39, 0.29) is 4.90 Å². The van der Waals surface area contributed by atoms with E-state index in [1.807, 2.05) is 44.2 Å². The summed E-state index contributed by atoms with van der Waals surface area (Å²) in [6.07, 6.45) is 1.37. The Morgan fingerprint density at radius 3 is 2.38 bits per heavy atom. The van der Waals surface area contributed by atoms with Crippen molar-refractivity contribution in [2.24, 2.45) is 0 Å². The van der Waals surface area contributed by atoms with E-state index in [9.17, 15) is 8.42 Å². The van der Waals surface area contributed by atoms with E-state index < -0.39 is 10.0 Å². The van der Waals surface area contributed by atoms with Gasteiger partial charge in [-0.1, -0.05) is 12.1 Å². The molecule has 4 aromatic rings. The third kappa shape index (κ3) is 2.54. The molecule has 3 aromatic carbocycles. The minimum atomic E-state index is -3.74. The molecule has 0 radical (unpaired) electrons. The third-order valence-electron chi connectivity index (χ3n) is 4.71. The maximum Gasteiger partial charge on any atom is 0.269 e. The van der Waals surface area contributed by atoms with Crippen LogP contribution in [0.2, 0.25) is 0 Å². The van der Waals surface area contributed by atoms with Crippen LogP contribution in [0, 0.1) is 13.8 Å². The quantitative estimate of drug-likeness (QED) is 0.549. The van der Waals surface area contributed by atoms with Crippen LogP contribution in [0.25, 0.3) is 21.8 Å². The minimum Gasteiger partial charge on any atom is -0.497 e. The lowest BCUT2D eigenvalue weighted by molar-refractivity contribution is 0.415. The van der Waals surface area contributed by atoms with Crippen molar-refractivity contribution < 1.29 is 13.2 Å². The first-order valence-electron chi connectivity index (χ1n) is 8.18. The van der Waals surface area contributed by atoms with Crippen molar-refractivity contribution >= 4 is 31.8 Å². The van der Waals surface area contributed by atoms with Crippen LogP contribution < -0.4 is 4.74 Å². The predicted octanol–water partition coefficient (Wildman–Crippen LogP) is 4.05. The molecule has 0 amide bonds. The predicted molar refractivity (Wildman–Crippen MR) is 102 cm³/mol. The molecule has 0 saturated carbocycles. The molecular formula is C20H18N2O3S. The highest BCUT2D eigenvalue weighted by Crippen LogP contribution is 2.27. The van der Waals surface area contributed by atoms with Gasteiger partial charge in [0.15, 0.2) is 0 Å². The van der Waals surface area contributed by atoms with E-state index in [0.717, 1.165) is 27.6 Å². The summed E-state index contributed by atoms with van der Waals surface area (Å²) < 4.78 is 32.8. The Kier molecular flexibility index (Phi) is 3.73. The van der Waals surface area contributed by atoms with Gasteiger partial charge in [0.05, 0.1) is 23.0 Å². The maximum atomic E-state index is 13.2. The van der Waals surface area contributed by atoms with Crippen LogP contribution in [-0.4, -0.2) is 24.5 Å². The Morgan fingerprint density at radius 2 is 1.62 bits per heavy atom. The summed E-state index contributed by atoms with van der Waals surface area (Å²) >= 11 is 0. The zero-order valence-corrected chi connectivity index (χ0v) is 15.5. The smallest absolute Gasteiger partial charge is 0.269 e. The number of ether oxygens (including phenoxy) is 1. The van der Waals surface area contributed by atoms with Crippen LogP contribution in [-0.2, 0) is 10.0 Å². The number of methoxy groups -OCH3 is 1. The molecule has 26 heavy (non-hydrogen) atoms. The highest BCUT2D eigenvalue weighted by atomic mass is 32.2. The molecule has 0 spiro atoms. The molecule has 0 aliphatic carbocycles. The largest absolute Gasteiger partial charge is 0.497 e. The molecule has 6 heteroatoms. The summed E-state index contributed by atoms with van der Waals surface area (Å²) in [4.78, 5) is 4.49. The molecule has 1 aromatic heterocycles. The molecule has 0 fully saturated rings. The number of fused-ring (bicyclic) bond motifs is 2. The zero-order valence-electron chi connectivity index (χ0n) is 14.7. The molecule has 1 heterocycles. The molecule has 0 unspecified atom stereocenters. The summed E-state index contributed by atoms with van der Waals surface area (Å²) in [6.45, 7) is 3.95. The molecule has 0 aliphatic heterocycles. The molecule has 0 saturated heterocycles. The monoisotopic (exact) mass is 366 g/mol. The first-order chi connectivity index (χ1) is 12.4. The van der Waals surface area contributed by atoms with Gasteiger partial charge in [-0.15, -0.1) is 0 Å². The first-order valence-corrected chi connectivity index (χ1v) is 9.62. The van der Waals surface area contributed by atoms with Crippen molar-refractivity contribution in [3.05, 3.63) is 66.0 Å². The van der Waals surface area contributed by atoms with Gasteiger partial charge in [-0.3, -0.25) is 0 Å². The fourth-order valence-corrected chi connectivity index (χ4v) is 4.36. The van der Waals surface area contributed by atoms with Gasteiger partial charge in [-0.25, -0.2) is 17.4 Å². The average Bonchev–Trinajstić information content (AvgIpc) is 3.04. The minimum absolute atomic E-state index is 0.229. The number of aryl methyl sites for hydroxylation is 2. The van der Waals surface area contributed by atoms with Crippen LogP contribution in [0.3, 0.4) is 0 Å². The fourth-order valence-electron chi connectivity index (χ4n) is 3.04. The number of rotatable bonds is 3. The Labute approximate surface area is 151 Å². The van der Waals surface area contributed by atoms with Gasteiger partial charge >= 0.3 is 0 Å². The highest BCUT2D eigenvalue weighted by molar-refractivity contribution is 7.90. The molecule has 132 valence electrons. The summed E-state index contributed by atoms with van der Waals surface area (Å²) in [6, 6.07) is 14.4. The third-order valence-corrected chi connectivity index (χ3v) is 6.36. The number of aromatic nitrogens is 2. The molecule has 0 atom stereocenters. The van der Waals surface area contributed by atoms with Gasteiger partial charge in [0.1, 0.15) is 12.1 Å². The van der Waals surface area contributed by atoms with E-state index >= 15 is 0 Å². The topological polar surface area (TPSA) is 61.2 Å². The Bertz CT molecular complexity index is 1260. The summed E-state index contributed by atoms with van der Waals surface area (Å²) in [5, 5.41) is 1.76. The lowest BCUT2D eigenvalue weighted by atomic mass is 10.1. The Hall–Kier alpha value is -2.86. The van der Waals surface area contributed by atoms with E-state index in [2.05, 4.69) is 4.98 Å². The number of hydrogen-bond acceptors (Lipinski definition) is 4. The van der Waals surface area contributed by atoms with E-state index in [0.29, 0.717) is 11.0 Å². The summed E-state index contributed by atoms with van der Waals surface area (Å²) in [7, 11) is -2.13. The second-order valence-corrected chi connectivity index (χ2v) is 8.16. The van der Waals surface area contributed by atoms with Gasteiger partial charge in [0, 0.05) is 0 Å². The fraction of sp³-hybridized carbons (Fsp3) is 0.150. The SMILES string of the molecule is COc1ccc2cc(S(=O)(=O)n3cnc4cc(C)c(C)cc43)ccc2c1. The van der Waals surface area contributed by atoms with Gasteiger partial charge in [-0.05, 0) is 72.1 Å². The molecule has 4 rings (SSSR count). The number of hydrogen-bond donors (Lipinski definition) is 0. The van der Waals surface area contributed by atoms with Crippen molar-refractivity contribution in [3.63, 3.8) is 0 Å². The second kappa shape index (κ2) is 5.85. The van der Waals surface area contributed by atoms with Gasteiger partial charge in [-0.2, -0.15) is 0 Å². The highest BCUT2D eigenvalue weighted by Gasteiger charge is 2.20. The Morgan fingerprint density at radius 1 is 0.923 bits per heavy atom. The lowest BCUT2D eigenvalue weighted by Crippen LogP contribution is -2.12. The van der Waals surface area contributed by atoms with Crippen LogP contribution in [0.1, 0.15) is 11.1 Å². The van der Waals surface area contributed by atoms with Crippen LogP contribution in [0.5, 0.6) is 5.75 Å². The number of nitrogens with zero attached hydrogens (tertiary/aromatic N) is 2. The van der Waals surface area contributed by atoms with Crippen molar-refractivity contribution in [3.8, 4) is 5.75 Å². The van der Waals surface area contributed by atoms with Crippen molar-refractivity contribution in [1.82, 2.24) is 8.96 Å². The van der Waals surface area contributed by atoms with Gasteiger partial charge in [0.25, 0.3) is 10.0 Å². The van der Waals surface area contributed by atoms with E-state index in [1.165, 1.54) is 10.3 Å². The van der Waals surface area contributed by atoms with E-state index in [1.54, 1.807) is 25.3 Å². The van der Waals surface area contributed by atoms with Crippen LogP contribution in [0.15, 0.2) is 59.8 Å². The second-order valence-electron chi connectivity index (χ2n) is 6.35. The number of benzene rings is 3. The zero-order chi connectivity index (χ0) is 18.5. The Balaban J connectivity index is 1.89. The molecule has 0 bridgehead atoms. The summed E-state index contributed by atoms with van der Waals surface area (Å²) in [5.41, 5.74) is 3.37. The van der Waals surface area contributed by atoms with Crippen molar-refractivity contribution in [2.45, 2.75) is 18.7 Å². The number of imidazole rings is 1. The van der Waals surface area contributed by atoms with Crippen molar-refractivity contribution in [2.75, 3.05) is 7.11 Å².